The zero-order valence-corrected chi connectivity index (χ0v) is 19.7. The van der Waals surface area contributed by atoms with E-state index in [1.165, 1.54) is 23.9 Å². The third-order valence-corrected chi connectivity index (χ3v) is 7.24. The number of aryl methyl sites for hydroxylation is 1. The molecule has 0 spiro atoms. The maximum atomic E-state index is 12.8. The topological polar surface area (TPSA) is 80.5 Å². The number of imide groups is 1. The molecule has 9 heteroatoms. The Kier molecular flexibility index (Phi) is 6.88. The Morgan fingerprint density at radius 1 is 1.09 bits per heavy atom. The smallest absolute Gasteiger partial charge is 0.268 e. The van der Waals surface area contributed by atoms with E-state index < -0.39 is 16.1 Å². The third kappa shape index (κ3) is 5.30. The second-order valence-corrected chi connectivity index (χ2v) is 9.77. The van der Waals surface area contributed by atoms with Crippen molar-refractivity contribution in [2.24, 2.45) is 0 Å². The average molecular weight is 497 g/mol. The number of hydrogen-bond acceptors (Lipinski definition) is 6. The predicted molar refractivity (Wildman–Crippen MR) is 131 cm³/mol. The molecule has 1 heterocycles. The summed E-state index contributed by atoms with van der Waals surface area (Å²) in [6.07, 6.45) is 1.50. The van der Waals surface area contributed by atoms with E-state index >= 15 is 0 Å². The number of carbonyl (C=O) groups is 2. The standard InChI is InChI=1S/C24H17ClN2O4S2/c1-15-6-9-18(10-7-15)32-21-11-8-16(12-20(21)27(30)31)13-22-23(28)26(24(29)33-22)14-17-4-2-3-5-19(17)25/h2-13H,14H2,1H3/b22-13-. The van der Waals surface area contributed by atoms with Crippen LogP contribution in [0.5, 0.6) is 0 Å². The molecule has 6 nitrogen and oxygen atoms in total. The number of rotatable bonds is 6. The number of hydrogen-bond donors (Lipinski definition) is 0. The van der Waals surface area contributed by atoms with E-state index in [4.69, 9.17) is 11.6 Å². The van der Waals surface area contributed by atoms with Crippen molar-refractivity contribution in [3.63, 3.8) is 0 Å². The van der Waals surface area contributed by atoms with Crippen molar-refractivity contribution in [2.45, 2.75) is 23.3 Å². The van der Waals surface area contributed by atoms with Gasteiger partial charge >= 0.3 is 0 Å². The summed E-state index contributed by atoms with van der Waals surface area (Å²) in [5.74, 6) is -0.453. The predicted octanol–water partition coefficient (Wildman–Crippen LogP) is 6.94. The second kappa shape index (κ2) is 9.82. The molecular formula is C24H17ClN2O4S2. The van der Waals surface area contributed by atoms with Gasteiger partial charge < -0.3 is 0 Å². The molecule has 2 amide bonds. The maximum Gasteiger partial charge on any atom is 0.293 e. The number of nitro benzene ring substituents is 1. The molecule has 33 heavy (non-hydrogen) atoms. The van der Waals surface area contributed by atoms with Crippen LogP contribution in [0.2, 0.25) is 5.02 Å². The van der Waals surface area contributed by atoms with Gasteiger partial charge in [0, 0.05) is 16.0 Å². The van der Waals surface area contributed by atoms with Crippen LogP contribution in [-0.4, -0.2) is 21.0 Å². The minimum Gasteiger partial charge on any atom is -0.268 e. The minimum absolute atomic E-state index is 0.0634. The Morgan fingerprint density at radius 3 is 2.52 bits per heavy atom. The van der Waals surface area contributed by atoms with Crippen molar-refractivity contribution < 1.29 is 14.5 Å². The van der Waals surface area contributed by atoms with E-state index in [9.17, 15) is 19.7 Å². The number of nitrogens with zero attached hydrogens (tertiary/aromatic N) is 2. The highest BCUT2D eigenvalue weighted by molar-refractivity contribution is 8.18. The molecule has 0 bridgehead atoms. The van der Waals surface area contributed by atoms with Gasteiger partial charge in [0.05, 0.1) is 21.3 Å². The molecule has 0 aromatic heterocycles. The molecule has 0 atom stereocenters. The van der Waals surface area contributed by atoms with Crippen molar-refractivity contribution in [2.75, 3.05) is 0 Å². The van der Waals surface area contributed by atoms with Gasteiger partial charge in [0.1, 0.15) is 0 Å². The van der Waals surface area contributed by atoms with Crippen LogP contribution in [0, 0.1) is 17.0 Å². The minimum atomic E-state index is -0.453. The largest absolute Gasteiger partial charge is 0.293 e. The van der Waals surface area contributed by atoms with Crippen molar-refractivity contribution in [3.05, 3.63) is 103 Å². The number of benzene rings is 3. The van der Waals surface area contributed by atoms with Crippen LogP contribution in [-0.2, 0) is 11.3 Å². The normalized spacial score (nSPS) is 14.8. The van der Waals surface area contributed by atoms with Crippen molar-refractivity contribution >= 4 is 58.0 Å². The number of halogens is 1. The lowest BCUT2D eigenvalue weighted by molar-refractivity contribution is -0.387. The first kappa shape index (κ1) is 23.1. The van der Waals surface area contributed by atoms with Crippen molar-refractivity contribution in [3.8, 4) is 0 Å². The lowest BCUT2D eigenvalue weighted by Gasteiger charge is -2.13. The second-order valence-electron chi connectivity index (χ2n) is 7.26. The van der Waals surface area contributed by atoms with E-state index in [0.717, 1.165) is 27.1 Å². The summed E-state index contributed by atoms with van der Waals surface area (Å²) in [7, 11) is 0. The molecule has 1 fully saturated rings. The van der Waals surface area contributed by atoms with E-state index in [1.54, 1.807) is 36.4 Å². The first-order chi connectivity index (χ1) is 15.8. The van der Waals surface area contributed by atoms with Gasteiger partial charge in [-0.1, -0.05) is 65.3 Å². The van der Waals surface area contributed by atoms with Crippen LogP contribution in [0.15, 0.2) is 81.4 Å². The van der Waals surface area contributed by atoms with Crippen LogP contribution in [0.4, 0.5) is 10.5 Å². The zero-order valence-electron chi connectivity index (χ0n) is 17.4. The van der Waals surface area contributed by atoms with Crippen LogP contribution < -0.4 is 0 Å². The van der Waals surface area contributed by atoms with Crippen molar-refractivity contribution in [1.82, 2.24) is 4.90 Å². The Hall–Kier alpha value is -3.07. The summed E-state index contributed by atoms with van der Waals surface area (Å²) in [4.78, 5) is 39.2. The lowest BCUT2D eigenvalue weighted by atomic mass is 10.1. The van der Waals surface area contributed by atoms with Gasteiger partial charge in [0.25, 0.3) is 16.8 Å². The lowest BCUT2D eigenvalue weighted by Crippen LogP contribution is -2.27. The summed E-state index contributed by atoms with van der Waals surface area (Å²) >= 11 is 8.26. The fourth-order valence-corrected chi connectivity index (χ4v) is 5.11. The fraction of sp³-hybridized carbons (Fsp3) is 0.0833. The molecule has 3 aromatic rings. The van der Waals surface area contributed by atoms with E-state index in [-0.39, 0.29) is 17.1 Å². The van der Waals surface area contributed by atoms with Crippen LogP contribution >= 0.6 is 35.1 Å². The summed E-state index contributed by atoms with van der Waals surface area (Å²) < 4.78 is 0. The monoisotopic (exact) mass is 496 g/mol. The summed E-state index contributed by atoms with van der Waals surface area (Å²) in [6, 6.07) is 19.5. The zero-order chi connectivity index (χ0) is 23.5. The SMILES string of the molecule is Cc1ccc(Sc2ccc(/C=C3\SC(=O)N(Cc4ccccc4Cl)C3=O)cc2[N+](=O)[O-])cc1. The highest BCUT2D eigenvalue weighted by Crippen LogP contribution is 2.38. The molecule has 0 radical (unpaired) electrons. The molecule has 1 aliphatic rings. The molecule has 0 saturated carbocycles. The van der Waals surface area contributed by atoms with Crippen molar-refractivity contribution in [1.29, 1.82) is 0 Å². The Morgan fingerprint density at radius 2 is 1.82 bits per heavy atom. The number of nitro groups is 1. The summed E-state index contributed by atoms with van der Waals surface area (Å²) in [5.41, 5.74) is 2.17. The van der Waals surface area contributed by atoms with Gasteiger partial charge in [0.2, 0.25) is 0 Å². The molecule has 0 unspecified atom stereocenters. The third-order valence-electron chi connectivity index (χ3n) is 4.89. The molecule has 0 aliphatic carbocycles. The highest BCUT2D eigenvalue weighted by Gasteiger charge is 2.35. The average Bonchev–Trinajstić information content (AvgIpc) is 3.05. The fourth-order valence-electron chi connectivity index (χ4n) is 3.17. The van der Waals surface area contributed by atoms with Crippen LogP contribution in [0.3, 0.4) is 0 Å². The molecule has 4 rings (SSSR count). The van der Waals surface area contributed by atoms with Gasteiger partial charge in [-0.15, -0.1) is 0 Å². The number of amides is 2. The Balaban J connectivity index is 1.58. The molecule has 166 valence electrons. The first-order valence-electron chi connectivity index (χ1n) is 9.83. The quantitative estimate of drug-likeness (QED) is 0.209. The molecule has 1 saturated heterocycles. The van der Waals surface area contributed by atoms with Crippen LogP contribution in [0.1, 0.15) is 16.7 Å². The van der Waals surface area contributed by atoms with Crippen LogP contribution in [0.25, 0.3) is 6.08 Å². The van der Waals surface area contributed by atoms with E-state index in [0.29, 0.717) is 21.0 Å². The molecule has 0 N–H and O–H groups in total. The Bertz CT molecular complexity index is 1290. The maximum absolute atomic E-state index is 12.8. The Labute approximate surface area is 203 Å². The van der Waals surface area contributed by atoms with E-state index in [1.807, 2.05) is 31.2 Å². The van der Waals surface area contributed by atoms with Gasteiger partial charge in [0.15, 0.2) is 0 Å². The van der Waals surface area contributed by atoms with E-state index in [2.05, 4.69) is 0 Å². The molecular weight excluding hydrogens is 480 g/mol. The van der Waals surface area contributed by atoms with Gasteiger partial charge in [-0.3, -0.25) is 24.6 Å². The summed E-state index contributed by atoms with van der Waals surface area (Å²) in [5, 5.41) is 11.7. The summed E-state index contributed by atoms with van der Waals surface area (Å²) in [6.45, 7) is 2.04. The first-order valence-corrected chi connectivity index (χ1v) is 11.8. The van der Waals surface area contributed by atoms with Gasteiger partial charge in [-0.2, -0.15) is 0 Å². The number of carbonyl (C=O) groups excluding carboxylic acids is 2. The van der Waals surface area contributed by atoms with Gasteiger partial charge in [-0.25, -0.2) is 0 Å². The highest BCUT2D eigenvalue weighted by atomic mass is 35.5. The number of thioether (sulfide) groups is 1. The van der Waals surface area contributed by atoms with Gasteiger partial charge in [-0.05, 0) is 60.2 Å². The molecule has 1 aliphatic heterocycles. The molecule has 3 aromatic carbocycles.